The molecule has 0 saturated heterocycles. The standard InChI is InChI=1S/C12H12FNO2S/c1-8(15)10-3-2-9(13)6-11(10)16-7-12-14-4-5-17-12/h2-6,8,15H,7H2,1H3/t8-/m1/s1. The highest BCUT2D eigenvalue weighted by Crippen LogP contribution is 2.26. The second-order valence-corrected chi connectivity index (χ2v) is 4.55. The van der Waals surface area contributed by atoms with Gasteiger partial charge in [0.1, 0.15) is 23.2 Å². The smallest absolute Gasteiger partial charge is 0.140 e. The molecule has 1 atom stereocenters. The molecule has 0 amide bonds. The van der Waals surface area contributed by atoms with Gasteiger partial charge in [0.2, 0.25) is 0 Å². The van der Waals surface area contributed by atoms with Gasteiger partial charge in [-0.2, -0.15) is 0 Å². The van der Waals surface area contributed by atoms with E-state index < -0.39 is 6.10 Å². The molecule has 1 N–H and O–H groups in total. The molecular weight excluding hydrogens is 241 g/mol. The van der Waals surface area contributed by atoms with Gasteiger partial charge in [0.05, 0.1) is 6.10 Å². The van der Waals surface area contributed by atoms with Crippen LogP contribution in [0.3, 0.4) is 0 Å². The molecule has 5 heteroatoms. The first-order valence-corrected chi connectivity index (χ1v) is 6.03. The lowest BCUT2D eigenvalue weighted by molar-refractivity contribution is 0.190. The lowest BCUT2D eigenvalue weighted by Gasteiger charge is -2.12. The van der Waals surface area contributed by atoms with Gasteiger partial charge in [-0.25, -0.2) is 9.37 Å². The third-order valence-electron chi connectivity index (χ3n) is 2.26. The van der Waals surface area contributed by atoms with Crippen LogP contribution in [0.25, 0.3) is 0 Å². The molecule has 1 heterocycles. The molecule has 0 aliphatic carbocycles. The SMILES string of the molecule is C[C@@H](O)c1ccc(F)cc1OCc1nccs1. The maximum Gasteiger partial charge on any atom is 0.140 e. The number of rotatable bonds is 4. The summed E-state index contributed by atoms with van der Waals surface area (Å²) < 4.78 is 18.6. The van der Waals surface area contributed by atoms with Gasteiger partial charge in [0, 0.05) is 23.2 Å². The molecule has 0 saturated carbocycles. The molecule has 17 heavy (non-hydrogen) atoms. The van der Waals surface area contributed by atoms with E-state index in [0.29, 0.717) is 11.3 Å². The van der Waals surface area contributed by atoms with Crippen LogP contribution in [0, 0.1) is 5.82 Å². The van der Waals surface area contributed by atoms with Crippen molar-refractivity contribution in [1.29, 1.82) is 0 Å². The molecule has 1 aromatic carbocycles. The number of thiazole rings is 1. The second-order valence-electron chi connectivity index (χ2n) is 3.57. The zero-order chi connectivity index (χ0) is 12.3. The lowest BCUT2D eigenvalue weighted by Crippen LogP contribution is -2.01. The van der Waals surface area contributed by atoms with E-state index in [1.54, 1.807) is 13.1 Å². The van der Waals surface area contributed by atoms with Crippen LogP contribution >= 0.6 is 11.3 Å². The number of nitrogens with zero attached hydrogens (tertiary/aromatic N) is 1. The van der Waals surface area contributed by atoms with Gasteiger partial charge in [-0.05, 0) is 19.1 Å². The fourth-order valence-electron chi connectivity index (χ4n) is 1.44. The van der Waals surface area contributed by atoms with Crippen molar-refractivity contribution in [2.24, 2.45) is 0 Å². The summed E-state index contributed by atoms with van der Waals surface area (Å²) in [6.45, 7) is 1.89. The van der Waals surface area contributed by atoms with Crippen molar-refractivity contribution < 1.29 is 14.2 Å². The maximum atomic E-state index is 13.1. The Balaban J connectivity index is 2.16. The molecule has 0 unspecified atom stereocenters. The summed E-state index contributed by atoms with van der Waals surface area (Å²) in [7, 11) is 0. The summed E-state index contributed by atoms with van der Waals surface area (Å²) in [6.07, 6.45) is 0.992. The van der Waals surface area contributed by atoms with E-state index in [0.717, 1.165) is 5.01 Å². The first-order valence-electron chi connectivity index (χ1n) is 5.15. The van der Waals surface area contributed by atoms with Gasteiger partial charge in [0.15, 0.2) is 0 Å². The lowest BCUT2D eigenvalue weighted by atomic mass is 10.1. The summed E-state index contributed by atoms with van der Waals surface area (Å²) in [5.41, 5.74) is 0.572. The van der Waals surface area contributed by atoms with Gasteiger partial charge in [-0.15, -0.1) is 11.3 Å². The molecule has 0 radical (unpaired) electrons. The quantitative estimate of drug-likeness (QED) is 0.911. The zero-order valence-corrected chi connectivity index (χ0v) is 10.1. The van der Waals surface area contributed by atoms with E-state index in [2.05, 4.69) is 4.98 Å². The number of aromatic nitrogens is 1. The average Bonchev–Trinajstić information content (AvgIpc) is 2.78. The summed E-state index contributed by atoms with van der Waals surface area (Å²) in [6, 6.07) is 4.10. The van der Waals surface area contributed by atoms with E-state index >= 15 is 0 Å². The molecular formula is C12H12FNO2S. The van der Waals surface area contributed by atoms with Crippen LogP contribution in [-0.4, -0.2) is 10.1 Å². The summed E-state index contributed by atoms with van der Waals surface area (Å²) >= 11 is 1.47. The first kappa shape index (κ1) is 12.0. The molecule has 1 aromatic heterocycles. The number of hydrogen-bond donors (Lipinski definition) is 1. The van der Waals surface area contributed by atoms with Crippen LogP contribution in [0.2, 0.25) is 0 Å². The van der Waals surface area contributed by atoms with Crippen molar-refractivity contribution >= 4 is 11.3 Å². The van der Waals surface area contributed by atoms with Gasteiger partial charge < -0.3 is 9.84 Å². The number of ether oxygens (including phenoxy) is 1. The fourth-order valence-corrected chi connectivity index (χ4v) is 1.97. The second kappa shape index (κ2) is 5.25. The molecule has 0 aliphatic rings. The summed E-state index contributed by atoms with van der Waals surface area (Å²) in [5.74, 6) is -0.0289. The molecule has 90 valence electrons. The van der Waals surface area contributed by atoms with E-state index in [-0.39, 0.29) is 12.4 Å². The Morgan fingerprint density at radius 2 is 2.35 bits per heavy atom. The number of hydrogen-bond acceptors (Lipinski definition) is 4. The first-order chi connectivity index (χ1) is 8.16. The predicted molar refractivity (Wildman–Crippen MR) is 63.5 cm³/mol. The normalized spacial score (nSPS) is 12.4. The van der Waals surface area contributed by atoms with E-state index in [1.807, 2.05) is 5.38 Å². The minimum Gasteiger partial charge on any atom is -0.486 e. The highest BCUT2D eigenvalue weighted by molar-refractivity contribution is 7.09. The Morgan fingerprint density at radius 3 is 3.00 bits per heavy atom. The average molecular weight is 253 g/mol. The minimum atomic E-state index is -0.693. The third-order valence-corrected chi connectivity index (χ3v) is 3.01. The largest absolute Gasteiger partial charge is 0.486 e. The van der Waals surface area contributed by atoms with Crippen molar-refractivity contribution in [3.63, 3.8) is 0 Å². The van der Waals surface area contributed by atoms with Crippen LogP contribution in [0.4, 0.5) is 4.39 Å². The monoisotopic (exact) mass is 253 g/mol. The highest BCUT2D eigenvalue weighted by atomic mass is 32.1. The Labute approximate surface area is 103 Å². The van der Waals surface area contributed by atoms with Crippen molar-refractivity contribution in [3.05, 3.63) is 46.2 Å². The van der Waals surface area contributed by atoms with E-state index in [1.165, 1.54) is 29.5 Å². The minimum absolute atomic E-state index is 0.279. The topological polar surface area (TPSA) is 42.4 Å². The Hall–Kier alpha value is -1.46. The highest BCUT2D eigenvalue weighted by Gasteiger charge is 2.10. The Morgan fingerprint density at radius 1 is 1.53 bits per heavy atom. The van der Waals surface area contributed by atoms with Gasteiger partial charge >= 0.3 is 0 Å². The van der Waals surface area contributed by atoms with Gasteiger partial charge in [-0.1, -0.05) is 0 Å². The molecule has 0 aliphatic heterocycles. The number of halogens is 1. The summed E-state index contributed by atoms with van der Waals surface area (Å²) in [4.78, 5) is 4.07. The third kappa shape index (κ3) is 3.01. The number of benzene rings is 1. The molecule has 2 rings (SSSR count). The molecule has 2 aromatic rings. The number of aliphatic hydroxyl groups is 1. The van der Waals surface area contributed by atoms with Crippen molar-refractivity contribution in [2.45, 2.75) is 19.6 Å². The maximum absolute atomic E-state index is 13.1. The fraction of sp³-hybridized carbons (Fsp3) is 0.250. The molecule has 3 nitrogen and oxygen atoms in total. The molecule has 0 fully saturated rings. The van der Waals surface area contributed by atoms with Crippen LogP contribution in [0.15, 0.2) is 29.8 Å². The molecule has 0 bridgehead atoms. The summed E-state index contributed by atoms with van der Waals surface area (Å²) in [5, 5.41) is 12.2. The molecule has 0 spiro atoms. The van der Waals surface area contributed by atoms with Crippen molar-refractivity contribution in [1.82, 2.24) is 4.98 Å². The number of aliphatic hydroxyl groups excluding tert-OH is 1. The predicted octanol–water partition coefficient (Wildman–Crippen LogP) is 2.91. The zero-order valence-electron chi connectivity index (χ0n) is 9.26. The van der Waals surface area contributed by atoms with Crippen LogP contribution < -0.4 is 4.74 Å². The van der Waals surface area contributed by atoms with Crippen LogP contribution in [0.1, 0.15) is 23.6 Å². The van der Waals surface area contributed by atoms with Gasteiger partial charge in [0.25, 0.3) is 0 Å². The Kier molecular flexibility index (Phi) is 3.71. The van der Waals surface area contributed by atoms with Crippen molar-refractivity contribution in [2.75, 3.05) is 0 Å². The van der Waals surface area contributed by atoms with Crippen molar-refractivity contribution in [3.8, 4) is 5.75 Å². The van der Waals surface area contributed by atoms with Crippen LogP contribution in [0.5, 0.6) is 5.75 Å². The van der Waals surface area contributed by atoms with E-state index in [4.69, 9.17) is 4.74 Å². The van der Waals surface area contributed by atoms with E-state index in [9.17, 15) is 9.50 Å². The Bertz CT molecular complexity index is 485. The van der Waals surface area contributed by atoms with Crippen LogP contribution in [-0.2, 0) is 6.61 Å². The van der Waals surface area contributed by atoms with Gasteiger partial charge in [-0.3, -0.25) is 0 Å².